The van der Waals surface area contributed by atoms with Gasteiger partial charge in [-0.15, -0.1) is 0 Å². The zero-order chi connectivity index (χ0) is 17.8. The summed E-state index contributed by atoms with van der Waals surface area (Å²) in [6, 6.07) is 5.77. The van der Waals surface area contributed by atoms with Crippen LogP contribution in [0.15, 0.2) is 24.4 Å². The summed E-state index contributed by atoms with van der Waals surface area (Å²) < 4.78 is 13.0. The SMILES string of the molecule is CCCCn1ncc(C)c1NC(=O)C1COc2c(cccc2OC)C1. The molecule has 1 atom stereocenters. The lowest BCUT2D eigenvalue weighted by atomic mass is 9.95. The Balaban J connectivity index is 1.72. The molecule has 0 bridgehead atoms. The second-order valence-corrected chi connectivity index (χ2v) is 6.40. The number of aromatic nitrogens is 2. The average Bonchev–Trinajstić information content (AvgIpc) is 2.98. The van der Waals surface area contributed by atoms with Crippen LogP contribution in [-0.2, 0) is 17.8 Å². The minimum absolute atomic E-state index is 0.0326. The van der Waals surface area contributed by atoms with Crippen molar-refractivity contribution in [1.29, 1.82) is 0 Å². The summed E-state index contributed by atoms with van der Waals surface area (Å²) in [6.07, 6.45) is 4.55. The van der Waals surface area contributed by atoms with Gasteiger partial charge in [-0.2, -0.15) is 5.10 Å². The number of methoxy groups -OCH3 is 1. The molecule has 6 nitrogen and oxygen atoms in total. The fourth-order valence-corrected chi connectivity index (χ4v) is 3.06. The van der Waals surface area contributed by atoms with Crippen molar-refractivity contribution < 1.29 is 14.3 Å². The molecule has 6 heteroatoms. The number of fused-ring (bicyclic) bond motifs is 1. The van der Waals surface area contributed by atoms with Gasteiger partial charge in [-0.25, -0.2) is 4.68 Å². The number of hydrogen-bond acceptors (Lipinski definition) is 4. The number of amides is 1. The number of para-hydroxylation sites is 1. The maximum Gasteiger partial charge on any atom is 0.232 e. The third-order valence-electron chi connectivity index (χ3n) is 4.53. The van der Waals surface area contributed by atoms with Crippen LogP contribution in [0.3, 0.4) is 0 Å². The number of ether oxygens (including phenoxy) is 2. The third-order valence-corrected chi connectivity index (χ3v) is 4.53. The van der Waals surface area contributed by atoms with Crippen molar-refractivity contribution in [3.8, 4) is 11.5 Å². The molecule has 0 spiro atoms. The number of rotatable bonds is 6. The fraction of sp³-hybridized carbons (Fsp3) is 0.474. The first kappa shape index (κ1) is 17.3. The molecular weight excluding hydrogens is 318 g/mol. The first-order chi connectivity index (χ1) is 12.1. The zero-order valence-electron chi connectivity index (χ0n) is 15.0. The van der Waals surface area contributed by atoms with Crippen molar-refractivity contribution in [3.05, 3.63) is 35.5 Å². The molecule has 0 radical (unpaired) electrons. The third kappa shape index (κ3) is 3.62. The van der Waals surface area contributed by atoms with Gasteiger partial charge in [-0.1, -0.05) is 25.5 Å². The number of anilines is 1. The van der Waals surface area contributed by atoms with E-state index in [1.807, 2.05) is 29.8 Å². The van der Waals surface area contributed by atoms with E-state index in [2.05, 4.69) is 17.3 Å². The van der Waals surface area contributed by atoms with Crippen LogP contribution in [0.5, 0.6) is 11.5 Å². The maximum absolute atomic E-state index is 12.7. The molecule has 1 aromatic heterocycles. The molecule has 1 aliphatic heterocycles. The largest absolute Gasteiger partial charge is 0.493 e. The van der Waals surface area contributed by atoms with Crippen molar-refractivity contribution in [3.63, 3.8) is 0 Å². The van der Waals surface area contributed by atoms with Crippen LogP contribution >= 0.6 is 0 Å². The summed E-state index contributed by atoms with van der Waals surface area (Å²) in [5.41, 5.74) is 1.98. The highest BCUT2D eigenvalue weighted by Gasteiger charge is 2.28. The number of benzene rings is 1. The Morgan fingerprint density at radius 3 is 3.08 bits per heavy atom. The van der Waals surface area contributed by atoms with Crippen LogP contribution in [-0.4, -0.2) is 29.4 Å². The standard InChI is InChI=1S/C19H25N3O3/c1-4-5-9-22-18(13(2)11-20-22)21-19(23)15-10-14-7-6-8-16(24-3)17(14)25-12-15/h6-8,11,15H,4-5,9-10,12H2,1-3H3,(H,21,23). The van der Waals surface area contributed by atoms with Gasteiger partial charge in [0.25, 0.3) is 0 Å². The first-order valence-electron chi connectivity index (χ1n) is 8.76. The summed E-state index contributed by atoms with van der Waals surface area (Å²) in [6.45, 7) is 5.25. The molecular formula is C19H25N3O3. The lowest BCUT2D eigenvalue weighted by Crippen LogP contribution is -2.33. The minimum Gasteiger partial charge on any atom is -0.493 e. The van der Waals surface area contributed by atoms with Gasteiger partial charge >= 0.3 is 0 Å². The van der Waals surface area contributed by atoms with Gasteiger partial charge in [0.05, 0.1) is 19.2 Å². The summed E-state index contributed by atoms with van der Waals surface area (Å²) in [4.78, 5) is 12.7. The molecule has 1 amide bonds. The van der Waals surface area contributed by atoms with Gasteiger partial charge in [-0.3, -0.25) is 4.79 Å². The summed E-state index contributed by atoms with van der Waals surface area (Å²) in [5.74, 6) is 1.99. The molecule has 1 aliphatic rings. The van der Waals surface area contributed by atoms with Crippen molar-refractivity contribution in [2.45, 2.75) is 39.7 Å². The molecule has 1 aromatic carbocycles. The van der Waals surface area contributed by atoms with E-state index in [1.54, 1.807) is 13.3 Å². The Morgan fingerprint density at radius 1 is 1.48 bits per heavy atom. The first-order valence-corrected chi connectivity index (χ1v) is 8.76. The average molecular weight is 343 g/mol. The second-order valence-electron chi connectivity index (χ2n) is 6.40. The van der Waals surface area contributed by atoms with Gasteiger partial charge in [-0.05, 0) is 31.4 Å². The zero-order valence-corrected chi connectivity index (χ0v) is 15.0. The Hall–Kier alpha value is -2.50. The van der Waals surface area contributed by atoms with E-state index >= 15 is 0 Å². The van der Waals surface area contributed by atoms with Crippen LogP contribution in [0.4, 0.5) is 5.82 Å². The van der Waals surface area contributed by atoms with Gasteiger partial charge in [0.2, 0.25) is 5.91 Å². The second kappa shape index (κ2) is 7.59. The predicted octanol–water partition coefficient (Wildman–Crippen LogP) is 3.19. The van der Waals surface area contributed by atoms with Crippen LogP contribution < -0.4 is 14.8 Å². The quantitative estimate of drug-likeness (QED) is 0.875. The number of unbranched alkanes of at least 4 members (excludes halogenated alkanes) is 1. The molecule has 25 heavy (non-hydrogen) atoms. The molecule has 0 saturated carbocycles. The molecule has 2 aromatic rings. The van der Waals surface area contributed by atoms with Gasteiger partial charge in [0.15, 0.2) is 11.5 Å². The van der Waals surface area contributed by atoms with Gasteiger partial charge in [0.1, 0.15) is 12.4 Å². The van der Waals surface area contributed by atoms with Crippen molar-refractivity contribution in [2.75, 3.05) is 19.0 Å². The van der Waals surface area contributed by atoms with E-state index < -0.39 is 0 Å². The highest BCUT2D eigenvalue weighted by Crippen LogP contribution is 2.36. The molecule has 0 fully saturated rings. The molecule has 0 saturated heterocycles. The molecule has 3 rings (SSSR count). The van der Waals surface area contributed by atoms with E-state index in [4.69, 9.17) is 9.47 Å². The van der Waals surface area contributed by atoms with Crippen LogP contribution in [0.2, 0.25) is 0 Å². The molecule has 1 unspecified atom stereocenters. The van der Waals surface area contributed by atoms with E-state index in [1.165, 1.54) is 0 Å². The van der Waals surface area contributed by atoms with Crippen molar-refractivity contribution in [2.24, 2.45) is 5.92 Å². The molecule has 2 heterocycles. The topological polar surface area (TPSA) is 65.4 Å². The molecule has 134 valence electrons. The Bertz CT molecular complexity index is 754. The van der Waals surface area contributed by atoms with Crippen LogP contribution in [0.1, 0.15) is 30.9 Å². The number of nitrogens with zero attached hydrogens (tertiary/aromatic N) is 2. The predicted molar refractivity (Wildman–Crippen MR) is 96.2 cm³/mol. The van der Waals surface area contributed by atoms with Crippen LogP contribution in [0.25, 0.3) is 0 Å². The van der Waals surface area contributed by atoms with Gasteiger partial charge in [0, 0.05) is 12.1 Å². The number of nitrogens with one attached hydrogen (secondary N) is 1. The lowest BCUT2D eigenvalue weighted by molar-refractivity contribution is -0.121. The normalized spacial score (nSPS) is 16.0. The summed E-state index contributed by atoms with van der Waals surface area (Å²) in [7, 11) is 1.62. The number of hydrogen-bond donors (Lipinski definition) is 1. The Kier molecular flexibility index (Phi) is 5.26. The van der Waals surface area contributed by atoms with Crippen molar-refractivity contribution >= 4 is 11.7 Å². The maximum atomic E-state index is 12.7. The molecule has 0 aliphatic carbocycles. The Morgan fingerprint density at radius 2 is 2.32 bits per heavy atom. The number of carbonyl (C=O) groups is 1. The monoisotopic (exact) mass is 343 g/mol. The van der Waals surface area contributed by atoms with E-state index in [9.17, 15) is 4.79 Å². The number of carbonyl (C=O) groups excluding carboxylic acids is 1. The Labute approximate surface area is 148 Å². The van der Waals surface area contributed by atoms with E-state index in [-0.39, 0.29) is 11.8 Å². The fourth-order valence-electron chi connectivity index (χ4n) is 3.06. The lowest BCUT2D eigenvalue weighted by Gasteiger charge is -2.26. The van der Waals surface area contributed by atoms with E-state index in [0.29, 0.717) is 18.8 Å². The summed E-state index contributed by atoms with van der Waals surface area (Å²) >= 11 is 0. The smallest absolute Gasteiger partial charge is 0.232 e. The molecule has 1 N–H and O–H groups in total. The summed E-state index contributed by atoms with van der Waals surface area (Å²) in [5, 5.41) is 7.41. The van der Waals surface area contributed by atoms with Crippen molar-refractivity contribution in [1.82, 2.24) is 9.78 Å². The highest BCUT2D eigenvalue weighted by molar-refractivity contribution is 5.93. The minimum atomic E-state index is -0.228. The van der Waals surface area contributed by atoms with E-state index in [0.717, 1.165) is 42.1 Å². The highest BCUT2D eigenvalue weighted by atomic mass is 16.5. The van der Waals surface area contributed by atoms with Crippen LogP contribution in [0, 0.1) is 12.8 Å². The van der Waals surface area contributed by atoms with Gasteiger partial charge < -0.3 is 14.8 Å². The number of aryl methyl sites for hydroxylation is 2.